The molecule has 170 valence electrons. The molecular weight excluding hydrogens is 527 g/mol. The number of anilines is 1. The summed E-state index contributed by atoms with van der Waals surface area (Å²) < 4.78 is 10.7. The summed E-state index contributed by atoms with van der Waals surface area (Å²) in [5.74, 6) is 2.80. The minimum Gasteiger partial charge on any atom is -0.493 e. The molecule has 1 heterocycles. The number of nitrogens with one attached hydrogen (secondary N) is 2. The molecule has 31 heavy (non-hydrogen) atoms. The number of aryl methyl sites for hydroxylation is 1. The van der Waals surface area contributed by atoms with E-state index in [4.69, 9.17) is 21.1 Å². The number of hydrogen-bond acceptors (Lipinski definition) is 4. The van der Waals surface area contributed by atoms with Crippen molar-refractivity contribution in [2.24, 2.45) is 10.9 Å². The molecule has 1 aliphatic rings. The Morgan fingerprint density at radius 3 is 2.61 bits per heavy atom. The molecule has 0 aliphatic carbocycles. The highest BCUT2D eigenvalue weighted by Crippen LogP contribution is 2.29. The van der Waals surface area contributed by atoms with Crippen molar-refractivity contribution >= 4 is 47.2 Å². The third-order valence-corrected chi connectivity index (χ3v) is 5.72. The van der Waals surface area contributed by atoms with Gasteiger partial charge in [-0.25, -0.2) is 0 Å². The monoisotopic (exact) mass is 558 g/mol. The topological polar surface area (TPSA) is 58.1 Å². The van der Waals surface area contributed by atoms with Gasteiger partial charge in [0.1, 0.15) is 0 Å². The molecule has 2 N–H and O–H groups in total. The molecule has 0 aromatic heterocycles. The van der Waals surface area contributed by atoms with E-state index >= 15 is 0 Å². The van der Waals surface area contributed by atoms with Crippen molar-refractivity contribution in [2.75, 3.05) is 45.8 Å². The maximum atomic E-state index is 6.20. The smallest absolute Gasteiger partial charge is 0.191 e. The Kier molecular flexibility index (Phi) is 10.0. The fourth-order valence-corrected chi connectivity index (χ4v) is 3.95. The molecule has 1 atom stereocenters. The van der Waals surface area contributed by atoms with Gasteiger partial charge in [0.05, 0.1) is 14.2 Å². The number of ether oxygens (including phenoxy) is 2. The van der Waals surface area contributed by atoms with E-state index in [-0.39, 0.29) is 24.0 Å². The molecule has 8 heteroatoms. The Labute approximate surface area is 207 Å². The van der Waals surface area contributed by atoms with Gasteiger partial charge in [-0.15, -0.1) is 24.0 Å². The van der Waals surface area contributed by atoms with Crippen molar-refractivity contribution in [3.63, 3.8) is 0 Å². The lowest BCUT2D eigenvalue weighted by molar-refractivity contribution is 0.354. The van der Waals surface area contributed by atoms with Crippen LogP contribution in [0, 0.1) is 12.8 Å². The van der Waals surface area contributed by atoms with Crippen LogP contribution in [0.1, 0.15) is 17.5 Å². The van der Waals surface area contributed by atoms with Crippen LogP contribution >= 0.6 is 35.6 Å². The van der Waals surface area contributed by atoms with Gasteiger partial charge in [0.2, 0.25) is 0 Å². The average molecular weight is 559 g/mol. The van der Waals surface area contributed by atoms with E-state index in [9.17, 15) is 0 Å². The van der Waals surface area contributed by atoms with E-state index in [1.807, 2.05) is 24.3 Å². The Morgan fingerprint density at radius 2 is 1.90 bits per heavy atom. The van der Waals surface area contributed by atoms with Crippen LogP contribution in [0.5, 0.6) is 11.5 Å². The van der Waals surface area contributed by atoms with Crippen LogP contribution in [0.15, 0.2) is 41.4 Å². The first kappa shape index (κ1) is 25.4. The lowest BCUT2D eigenvalue weighted by Gasteiger charge is -2.21. The normalized spacial score (nSPS) is 16.0. The Bertz CT molecular complexity index is 894. The molecule has 6 nitrogen and oxygen atoms in total. The maximum Gasteiger partial charge on any atom is 0.191 e. The summed E-state index contributed by atoms with van der Waals surface area (Å²) in [5, 5.41) is 7.62. The number of nitrogens with zero attached hydrogens (tertiary/aromatic N) is 2. The molecule has 2 aromatic rings. The van der Waals surface area contributed by atoms with Gasteiger partial charge < -0.3 is 25.0 Å². The standard InChI is InChI=1S/C23H31ClN4O2.HI/c1-16-5-7-19(24)12-20(16)28-10-9-18(15-28)14-27-23(25-2)26-13-17-6-8-21(29-3)22(11-17)30-4;/h5-8,11-12,18H,9-10,13-15H2,1-4H3,(H2,25,26,27);1H. The van der Waals surface area contributed by atoms with Gasteiger partial charge in [-0.05, 0) is 54.7 Å². The van der Waals surface area contributed by atoms with Crippen molar-refractivity contribution in [3.8, 4) is 11.5 Å². The van der Waals surface area contributed by atoms with Crippen LogP contribution in [0.4, 0.5) is 5.69 Å². The van der Waals surface area contributed by atoms with Gasteiger partial charge in [-0.3, -0.25) is 4.99 Å². The Hall–Kier alpha value is -1.87. The molecule has 0 radical (unpaired) electrons. The fourth-order valence-electron chi connectivity index (χ4n) is 3.78. The van der Waals surface area contributed by atoms with Crippen LogP contribution in [-0.2, 0) is 6.54 Å². The first-order valence-electron chi connectivity index (χ1n) is 10.2. The predicted molar refractivity (Wildman–Crippen MR) is 140 cm³/mol. The van der Waals surface area contributed by atoms with Crippen molar-refractivity contribution in [3.05, 3.63) is 52.5 Å². The molecule has 0 bridgehead atoms. The van der Waals surface area contributed by atoms with E-state index in [0.717, 1.165) is 54.1 Å². The second-order valence-electron chi connectivity index (χ2n) is 7.53. The minimum atomic E-state index is 0. The molecule has 2 aromatic carbocycles. The molecule has 1 fully saturated rings. The molecule has 0 spiro atoms. The quantitative estimate of drug-likeness (QED) is 0.298. The Morgan fingerprint density at radius 1 is 1.13 bits per heavy atom. The highest BCUT2D eigenvalue weighted by molar-refractivity contribution is 14.0. The summed E-state index contributed by atoms with van der Waals surface area (Å²) in [5.41, 5.74) is 3.60. The third kappa shape index (κ3) is 6.80. The van der Waals surface area contributed by atoms with Gasteiger partial charge in [0.15, 0.2) is 17.5 Å². The van der Waals surface area contributed by atoms with Gasteiger partial charge in [0, 0.05) is 43.9 Å². The van der Waals surface area contributed by atoms with Crippen molar-refractivity contribution in [1.29, 1.82) is 0 Å². The molecule has 0 amide bonds. The second-order valence-corrected chi connectivity index (χ2v) is 7.96. The summed E-state index contributed by atoms with van der Waals surface area (Å²) in [4.78, 5) is 6.77. The lowest BCUT2D eigenvalue weighted by Crippen LogP contribution is -2.40. The number of methoxy groups -OCH3 is 2. The van der Waals surface area contributed by atoms with Crippen LogP contribution in [0.3, 0.4) is 0 Å². The maximum absolute atomic E-state index is 6.20. The number of guanidine groups is 1. The summed E-state index contributed by atoms with van der Waals surface area (Å²) in [6.45, 7) is 5.73. The number of aliphatic imine (C=N–C) groups is 1. The average Bonchev–Trinajstić information content (AvgIpc) is 3.24. The van der Waals surface area contributed by atoms with Crippen molar-refractivity contribution < 1.29 is 9.47 Å². The summed E-state index contributed by atoms with van der Waals surface area (Å²) >= 11 is 6.20. The van der Waals surface area contributed by atoms with E-state index in [1.54, 1.807) is 21.3 Å². The molecular formula is C23H32ClIN4O2. The zero-order valence-corrected chi connectivity index (χ0v) is 21.7. The van der Waals surface area contributed by atoms with Gasteiger partial charge in [-0.1, -0.05) is 23.7 Å². The third-order valence-electron chi connectivity index (χ3n) is 5.49. The highest BCUT2D eigenvalue weighted by atomic mass is 127. The van der Waals surface area contributed by atoms with E-state index < -0.39 is 0 Å². The van der Waals surface area contributed by atoms with Crippen LogP contribution in [0.25, 0.3) is 0 Å². The molecule has 1 aliphatic heterocycles. The molecule has 1 unspecified atom stereocenters. The van der Waals surface area contributed by atoms with Crippen LogP contribution in [0.2, 0.25) is 5.02 Å². The SMILES string of the molecule is CN=C(NCc1ccc(OC)c(OC)c1)NCC1CCN(c2cc(Cl)ccc2C)C1.I. The van der Waals surface area contributed by atoms with Crippen molar-refractivity contribution in [1.82, 2.24) is 10.6 Å². The van der Waals surface area contributed by atoms with Gasteiger partial charge >= 0.3 is 0 Å². The number of rotatable bonds is 7. The second kappa shape index (κ2) is 12.2. The summed E-state index contributed by atoms with van der Waals surface area (Å²) in [7, 11) is 5.07. The Balaban J connectivity index is 0.00000341. The van der Waals surface area contributed by atoms with Gasteiger partial charge in [-0.2, -0.15) is 0 Å². The molecule has 1 saturated heterocycles. The number of benzene rings is 2. The predicted octanol–water partition coefficient (Wildman–Crippen LogP) is 4.48. The van der Waals surface area contributed by atoms with Crippen LogP contribution in [-0.4, -0.2) is 46.9 Å². The number of halogens is 2. The van der Waals surface area contributed by atoms with Crippen molar-refractivity contribution in [2.45, 2.75) is 19.9 Å². The molecule has 3 rings (SSSR count). The first-order valence-corrected chi connectivity index (χ1v) is 10.6. The first-order chi connectivity index (χ1) is 14.5. The lowest BCUT2D eigenvalue weighted by atomic mass is 10.1. The minimum absolute atomic E-state index is 0. The zero-order chi connectivity index (χ0) is 21.5. The largest absolute Gasteiger partial charge is 0.493 e. The fraction of sp³-hybridized carbons (Fsp3) is 0.435. The summed E-state index contributed by atoms with van der Waals surface area (Å²) in [6, 6.07) is 12.0. The van der Waals surface area contributed by atoms with E-state index in [0.29, 0.717) is 12.5 Å². The van der Waals surface area contributed by atoms with Gasteiger partial charge in [0.25, 0.3) is 0 Å². The number of hydrogen-bond donors (Lipinski definition) is 2. The van der Waals surface area contributed by atoms with E-state index in [2.05, 4.69) is 39.6 Å². The van der Waals surface area contributed by atoms with E-state index in [1.165, 1.54) is 11.3 Å². The zero-order valence-electron chi connectivity index (χ0n) is 18.6. The highest BCUT2D eigenvalue weighted by Gasteiger charge is 2.24. The molecule has 0 saturated carbocycles. The van der Waals surface area contributed by atoms with Crippen LogP contribution < -0.4 is 25.0 Å². The summed E-state index contributed by atoms with van der Waals surface area (Å²) in [6.07, 6.45) is 1.14.